The molecule has 1 unspecified atom stereocenters. The lowest BCUT2D eigenvalue weighted by Gasteiger charge is -2.31. The second kappa shape index (κ2) is 7.95. The summed E-state index contributed by atoms with van der Waals surface area (Å²) in [5, 5.41) is 12.8. The van der Waals surface area contributed by atoms with Gasteiger partial charge in [-0.3, -0.25) is 0 Å². The van der Waals surface area contributed by atoms with Crippen molar-refractivity contribution in [1.29, 1.82) is 0 Å². The SMILES string of the molecule is COc1ccc(C2CCCN2C(=O)NC2CCC(O)CC2)c(OC)c1. The Kier molecular flexibility index (Phi) is 5.68. The summed E-state index contributed by atoms with van der Waals surface area (Å²) in [7, 11) is 3.27. The number of ether oxygens (including phenoxy) is 2. The maximum Gasteiger partial charge on any atom is 0.318 e. The van der Waals surface area contributed by atoms with Gasteiger partial charge in [-0.25, -0.2) is 4.79 Å². The van der Waals surface area contributed by atoms with E-state index in [2.05, 4.69) is 5.32 Å². The maximum atomic E-state index is 12.8. The Hall–Kier alpha value is -1.95. The first-order valence-electron chi connectivity index (χ1n) is 9.09. The highest BCUT2D eigenvalue weighted by molar-refractivity contribution is 5.75. The number of urea groups is 1. The summed E-state index contributed by atoms with van der Waals surface area (Å²) in [4.78, 5) is 14.7. The van der Waals surface area contributed by atoms with Crippen LogP contribution in [0.25, 0.3) is 0 Å². The summed E-state index contributed by atoms with van der Waals surface area (Å²) >= 11 is 0. The molecule has 1 aliphatic carbocycles. The molecule has 6 heteroatoms. The van der Waals surface area contributed by atoms with Crippen LogP contribution < -0.4 is 14.8 Å². The first kappa shape index (κ1) is 17.9. The number of amides is 2. The van der Waals surface area contributed by atoms with Gasteiger partial charge in [0.05, 0.1) is 26.4 Å². The number of carbonyl (C=O) groups is 1. The summed E-state index contributed by atoms with van der Waals surface area (Å²) in [5.74, 6) is 1.50. The number of benzene rings is 1. The maximum absolute atomic E-state index is 12.8. The smallest absolute Gasteiger partial charge is 0.318 e. The molecular weight excluding hydrogens is 320 g/mol. The van der Waals surface area contributed by atoms with Crippen LogP contribution in [0.4, 0.5) is 4.79 Å². The molecule has 2 aliphatic rings. The van der Waals surface area contributed by atoms with Crippen LogP contribution in [0.1, 0.15) is 50.1 Å². The summed E-state index contributed by atoms with van der Waals surface area (Å²) in [6.07, 6.45) is 4.92. The number of methoxy groups -OCH3 is 2. The zero-order valence-corrected chi connectivity index (χ0v) is 15.0. The van der Waals surface area contributed by atoms with E-state index in [0.717, 1.165) is 62.1 Å². The molecule has 0 bridgehead atoms. The Balaban J connectivity index is 1.71. The van der Waals surface area contributed by atoms with Gasteiger partial charge in [0.15, 0.2) is 0 Å². The quantitative estimate of drug-likeness (QED) is 0.878. The molecule has 25 heavy (non-hydrogen) atoms. The van der Waals surface area contributed by atoms with Gasteiger partial charge >= 0.3 is 6.03 Å². The first-order valence-corrected chi connectivity index (χ1v) is 9.09. The van der Waals surface area contributed by atoms with Gasteiger partial charge in [-0.1, -0.05) is 0 Å². The number of nitrogens with zero attached hydrogens (tertiary/aromatic N) is 1. The fraction of sp³-hybridized carbons (Fsp3) is 0.632. The van der Waals surface area contributed by atoms with Crippen LogP contribution >= 0.6 is 0 Å². The van der Waals surface area contributed by atoms with Gasteiger partial charge in [0.1, 0.15) is 11.5 Å². The van der Waals surface area contributed by atoms with E-state index in [1.54, 1.807) is 14.2 Å². The normalized spacial score (nSPS) is 26.4. The Morgan fingerprint density at radius 1 is 1.16 bits per heavy atom. The predicted octanol–water partition coefficient (Wildman–Crippen LogP) is 2.85. The fourth-order valence-corrected chi connectivity index (χ4v) is 3.90. The molecule has 0 aromatic heterocycles. The van der Waals surface area contributed by atoms with E-state index in [1.165, 1.54) is 0 Å². The van der Waals surface area contributed by atoms with Gasteiger partial charge in [-0.2, -0.15) is 0 Å². The molecule has 138 valence electrons. The Labute approximate surface area is 149 Å². The van der Waals surface area contributed by atoms with Crippen molar-refractivity contribution in [3.8, 4) is 11.5 Å². The van der Waals surface area contributed by atoms with E-state index in [1.807, 2.05) is 23.1 Å². The van der Waals surface area contributed by atoms with Crippen molar-refractivity contribution in [3.05, 3.63) is 23.8 Å². The molecule has 1 aromatic carbocycles. The Morgan fingerprint density at radius 3 is 2.60 bits per heavy atom. The van der Waals surface area contributed by atoms with E-state index in [4.69, 9.17) is 9.47 Å². The number of carbonyl (C=O) groups excluding carboxylic acids is 1. The third-order valence-electron chi connectivity index (χ3n) is 5.34. The number of aliphatic hydroxyl groups is 1. The zero-order valence-electron chi connectivity index (χ0n) is 15.0. The number of aliphatic hydroxyl groups excluding tert-OH is 1. The lowest BCUT2D eigenvalue weighted by atomic mass is 9.93. The Morgan fingerprint density at radius 2 is 1.92 bits per heavy atom. The van der Waals surface area contributed by atoms with Gasteiger partial charge < -0.3 is 24.8 Å². The van der Waals surface area contributed by atoms with Crippen LogP contribution in [-0.2, 0) is 0 Å². The van der Waals surface area contributed by atoms with Crippen LogP contribution in [-0.4, -0.2) is 48.9 Å². The van der Waals surface area contributed by atoms with Crippen LogP contribution in [0.3, 0.4) is 0 Å². The minimum atomic E-state index is -0.212. The van der Waals surface area contributed by atoms with Crippen LogP contribution in [0.2, 0.25) is 0 Å². The summed E-state index contributed by atoms with van der Waals surface area (Å²) < 4.78 is 10.8. The fourth-order valence-electron chi connectivity index (χ4n) is 3.90. The Bertz CT molecular complexity index is 599. The first-order chi connectivity index (χ1) is 12.1. The van der Waals surface area contributed by atoms with E-state index >= 15 is 0 Å². The largest absolute Gasteiger partial charge is 0.497 e. The molecule has 0 spiro atoms. The number of likely N-dealkylation sites (tertiary alicyclic amines) is 1. The molecule has 2 amide bonds. The minimum absolute atomic E-state index is 0.0123. The molecule has 2 fully saturated rings. The van der Waals surface area contributed by atoms with Crippen LogP contribution in [0.5, 0.6) is 11.5 Å². The average Bonchev–Trinajstić information content (AvgIpc) is 3.12. The van der Waals surface area contributed by atoms with Crippen LogP contribution in [0, 0.1) is 0 Å². The van der Waals surface area contributed by atoms with Crippen molar-refractivity contribution in [2.75, 3.05) is 20.8 Å². The second-order valence-corrected chi connectivity index (χ2v) is 6.91. The van der Waals surface area contributed by atoms with E-state index in [-0.39, 0.29) is 24.2 Å². The standard InChI is InChI=1S/C19H28N2O4/c1-24-15-9-10-16(18(12-15)25-2)17-4-3-11-21(17)19(23)20-13-5-7-14(22)8-6-13/h9-10,12-14,17,22H,3-8,11H2,1-2H3,(H,20,23). The monoisotopic (exact) mass is 348 g/mol. The molecule has 1 aliphatic heterocycles. The third kappa shape index (κ3) is 4.00. The zero-order chi connectivity index (χ0) is 17.8. The predicted molar refractivity (Wildman–Crippen MR) is 95.0 cm³/mol. The van der Waals surface area contributed by atoms with E-state index < -0.39 is 0 Å². The topological polar surface area (TPSA) is 71.0 Å². The number of hydrogen-bond acceptors (Lipinski definition) is 4. The number of nitrogens with one attached hydrogen (secondary N) is 1. The average molecular weight is 348 g/mol. The summed E-state index contributed by atoms with van der Waals surface area (Å²) in [6.45, 7) is 0.751. The number of rotatable bonds is 4. The third-order valence-corrected chi connectivity index (χ3v) is 5.34. The molecule has 1 saturated heterocycles. The molecule has 1 atom stereocenters. The van der Waals surface area contributed by atoms with Crippen LogP contribution in [0.15, 0.2) is 18.2 Å². The molecule has 6 nitrogen and oxygen atoms in total. The highest BCUT2D eigenvalue weighted by Gasteiger charge is 2.33. The molecule has 0 radical (unpaired) electrons. The molecule has 1 saturated carbocycles. The van der Waals surface area contributed by atoms with E-state index in [0.29, 0.717) is 0 Å². The lowest BCUT2D eigenvalue weighted by Crippen LogP contribution is -2.46. The van der Waals surface area contributed by atoms with Crippen molar-refractivity contribution >= 4 is 6.03 Å². The summed E-state index contributed by atoms with van der Waals surface area (Å²) in [6, 6.07) is 5.94. The minimum Gasteiger partial charge on any atom is -0.497 e. The molecule has 1 aromatic rings. The van der Waals surface area contributed by atoms with Gasteiger partial charge in [-0.15, -0.1) is 0 Å². The van der Waals surface area contributed by atoms with Crippen molar-refractivity contribution in [3.63, 3.8) is 0 Å². The highest BCUT2D eigenvalue weighted by atomic mass is 16.5. The van der Waals surface area contributed by atoms with Crippen molar-refractivity contribution in [1.82, 2.24) is 10.2 Å². The van der Waals surface area contributed by atoms with Crippen molar-refractivity contribution in [2.45, 2.75) is 56.7 Å². The highest BCUT2D eigenvalue weighted by Crippen LogP contribution is 2.38. The summed E-state index contributed by atoms with van der Waals surface area (Å²) in [5.41, 5.74) is 1.02. The molecular formula is C19H28N2O4. The van der Waals surface area contributed by atoms with E-state index in [9.17, 15) is 9.90 Å². The molecule has 1 heterocycles. The molecule has 2 N–H and O–H groups in total. The van der Waals surface area contributed by atoms with Gasteiger partial charge in [0.2, 0.25) is 0 Å². The van der Waals surface area contributed by atoms with Gasteiger partial charge in [0.25, 0.3) is 0 Å². The van der Waals surface area contributed by atoms with Gasteiger partial charge in [-0.05, 0) is 50.7 Å². The van der Waals surface area contributed by atoms with Crippen molar-refractivity contribution < 1.29 is 19.4 Å². The second-order valence-electron chi connectivity index (χ2n) is 6.91. The van der Waals surface area contributed by atoms with Gasteiger partial charge in [0, 0.05) is 24.2 Å². The lowest BCUT2D eigenvalue weighted by molar-refractivity contribution is 0.114. The van der Waals surface area contributed by atoms with Crippen molar-refractivity contribution in [2.24, 2.45) is 0 Å². The number of hydrogen-bond donors (Lipinski definition) is 2. The molecule has 3 rings (SSSR count).